The molecule has 0 atom stereocenters. The van der Waals surface area contributed by atoms with E-state index in [2.05, 4.69) is 0 Å². The van der Waals surface area contributed by atoms with Crippen LogP contribution in [-0.2, 0) is 0 Å². The highest BCUT2D eigenvalue weighted by molar-refractivity contribution is 5.95. The minimum Gasteiger partial charge on any atom is -0.294 e. The third-order valence-electron chi connectivity index (χ3n) is 1.84. The van der Waals surface area contributed by atoms with Gasteiger partial charge in [-0.1, -0.05) is 0 Å². The molecule has 15 heavy (non-hydrogen) atoms. The minimum atomic E-state index is -3.05. The monoisotopic (exact) mass is 213 g/mol. The number of alkyl halides is 2. The second-order valence-electron chi connectivity index (χ2n) is 2.90. The summed E-state index contributed by atoms with van der Waals surface area (Å²) in [4.78, 5) is 10.9. The molecule has 0 aliphatic heterocycles. The Bertz CT molecular complexity index is 449. The molecule has 0 aliphatic carbocycles. The number of benzene rings is 1. The van der Waals surface area contributed by atoms with Crippen LogP contribution in [0.1, 0.15) is 34.8 Å². The van der Waals surface area contributed by atoms with Crippen LogP contribution in [0.4, 0.5) is 13.2 Å². The van der Waals surface area contributed by atoms with Crippen LogP contribution < -0.4 is 0 Å². The van der Waals surface area contributed by atoms with E-state index in [1.165, 1.54) is 0 Å². The predicted octanol–water partition coefficient (Wildman–Crippen LogP) is 2.84. The van der Waals surface area contributed by atoms with Crippen LogP contribution in [0.25, 0.3) is 0 Å². The highest BCUT2D eigenvalue weighted by atomic mass is 19.3. The maximum atomic E-state index is 13.3. The van der Waals surface area contributed by atoms with Crippen molar-refractivity contribution < 1.29 is 18.0 Å². The Kier molecular flexibility index (Phi) is 3.10. The number of nitrogens with zero attached hydrogens (tertiary/aromatic N) is 1. The van der Waals surface area contributed by atoms with Crippen molar-refractivity contribution in [3.63, 3.8) is 0 Å². The van der Waals surface area contributed by atoms with E-state index in [9.17, 15) is 18.0 Å². The average molecular weight is 213 g/mol. The van der Waals surface area contributed by atoms with Gasteiger partial charge in [-0.15, -0.1) is 0 Å². The number of carbonyl (C=O) groups excluding carboxylic acids is 1. The molecule has 78 valence electrons. The van der Waals surface area contributed by atoms with Gasteiger partial charge in [0.05, 0.1) is 22.8 Å². The average Bonchev–Trinajstić information content (AvgIpc) is 2.17. The fourth-order valence-corrected chi connectivity index (χ4v) is 1.13. The number of hydrogen-bond donors (Lipinski definition) is 0. The number of Topliss-reactive ketones (excluding diaryl/α,β-unsaturated/α-hetero) is 1. The second-order valence-corrected chi connectivity index (χ2v) is 2.90. The SMILES string of the molecule is CC(=O)c1cc(C#N)cc(C(F)F)c1F. The maximum absolute atomic E-state index is 13.3. The summed E-state index contributed by atoms with van der Waals surface area (Å²) in [6.45, 7) is 1.05. The number of rotatable bonds is 2. The molecule has 0 N–H and O–H groups in total. The molecule has 0 bridgehead atoms. The van der Waals surface area contributed by atoms with Crippen LogP contribution in [0.3, 0.4) is 0 Å². The van der Waals surface area contributed by atoms with Crippen molar-refractivity contribution in [3.8, 4) is 6.07 Å². The zero-order valence-electron chi connectivity index (χ0n) is 7.72. The van der Waals surface area contributed by atoms with Crippen LogP contribution >= 0.6 is 0 Å². The van der Waals surface area contributed by atoms with Crippen LogP contribution in [0.15, 0.2) is 12.1 Å². The van der Waals surface area contributed by atoms with Crippen molar-refractivity contribution in [1.82, 2.24) is 0 Å². The molecule has 0 heterocycles. The van der Waals surface area contributed by atoms with Gasteiger partial charge in [-0.3, -0.25) is 4.79 Å². The van der Waals surface area contributed by atoms with Gasteiger partial charge in [0.25, 0.3) is 6.43 Å². The number of halogens is 3. The normalized spacial score (nSPS) is 10.1. The number of hydrogen-bond acceptors (Lipinski definition) is 2. The molecule has 0 amide bonds. The molecule has 0 saturated carbocycles. The lowest BCUT2D eigenvalue weighted by molar-refractivity contribution is 0.101. The molecule has 5 heteroatoms. The van der Waals surface area contributed by atoms with Crippen LogP contribution in [0.2, 0.25) is 0 Å². The van der Waals surface area contributed by atoms with Gasteiger partial charge >= 0.3 is 0 Å². The maximum Gasteiger partial charge on any atom is 0.266 e. The third kappa shape index (κ3) is 2.15. The van der Waals surface area contributed by atoms with Crippen molar-refractivity contribution in [1.29, 1.82) is 5.26 Å². The van der Waals surface area contributed by atoms with Gasteiger partial charge < -0.3 is 0 Å². The van der Waals surface area contributed by atoms with Crippen LogP contribution in [0, 0.1) is 17.1 Å². The summed E-state index contributed by atoms with van der Waals surface area (Å²) >= 11 is 0. The van der Waals surface area contributed by atoms with Gasteiger partial charge in [-0.25, -0.2) is 13.2 Å². The molecule has 0 radical (unpaired) electrons. The van der Waals surface area contributed by atoms with E-state index in [0.29, 0.717) is 0 Å². The Morgan fingerprint density at radius 3 is 2.47 bits per heavy atom. The summed E-state index contributed by atoms with van der Waals surface area (Å²) in [5.74, 6) is -1.94. The van der Waals surface area contributed by atoms with Gasteiger partial charge in [-0.05, 0) is 19.1 Å². The first-order chi connectivity index (χ1) is 6.97. The largest absolute Gasteiger partial charge is 0.294 e. The highest BCUT2D eigenvalue weighted by Crippen LogP contribution is 2.25. The summed E-state index contributed by atoms with van der Waals surface area (Å²) in [6.07, 6.45) is -3.05. The Morgan fingerprint density at radius 2 is 2.07 bits per heavy atom. The lowest BCUT2D eigenvalue weighted by Gasteiger charge is -2.06. The molecular formula is C10H6F3NO. The van der Waals surface area contributed by atoms with Crippen molar-refractivity contribution in [2.75, 3.05) is 0 Å². The Morgan fingerprint density at radius 1 is 1.47 bits per heavy atom. The Hall–Kier alpha value is -1.83. The summed E-state index contributed by atoms with van der Waals surface area (Å²) < 4.78 is 37.9. The third-order valence-corrected chi connectivity index (χ3v) is 1.84. The first-order valence-electron chi connectivity index (χ1n) is 4.00. The molecular weight excluding hydrogens is 207 g/mol. The van der Waals surface area contributed by atoms with Crippen molar-refractivity contribution in [2.24, 2.45) is 0 Å². The number of carbonyl (C=O) groups is 1. The van der Waals surface area contributed by atoms with E-state index in [1.807, 2.05) is 0 Å². The fraction of sp³-hybridized carbons (Fsp3) is 0.200. The topological polar surface area (TPSA) is 40.9 Å². The molecule has 1 aromatic rings. The van der Waals surface area contributed by atoms with E-state index >= 15 is 0 Å². The van der Waals surface area contributed by atoms with Gasteiger partial charge in [0, 0.05) is 0 Å². The predicted molar refractivity (Wildman–Crippen MR) is 46.1 cm³/mol. The lowest BCUT2D eigenvalue weighted by Crippen LogP contribution is -2.03. The number of ketones is 1. The smallest absolute Gasteiger partial charge is 0.266 e. The first-order valence-corrected chi connectivity index (χ1v) is 4.00. The lowest BCUT2D eigenvalue weighted by atomic mass is 10.0. The molecule has 2 nitrogen and oxygen atoms in total. The van der Waals surface area contributed by atoms with Gasteiger partial charge in [0.15, 0.2) is 5.78 Å². The zero-order valence-corrected chi connectivity index (χ0v) is 7.72. The van der Waals surface area contributed by atoms with E-state index in [1.54, 1.807) is 6.07 Å². The standard InChI is InChI=1S/C10H6F3NO/c1-5(15)7-2-6(4-14)3-8(9(7)11)10(12)13/h2-3,10H,1H3. The summed E-state index contributed by atoms with van der Waals surface area (Å²) in [6, 6.07) is 3.30. The van der Waals surface area contributed by atoms with E-state index in [-0.39, 0.29) is 5.56 Å². The molecule has 0 unspecified atom stereocenters. The number of nitriles is 1. The van der Waals surface area contributed by atoms with Crippen LogP contribution in [0.5, 0.6) is 0 Å². The molecule has 0 aliphatic rings. The molecule has 0 saturated heterocycles. The molecule has 0 aromatic heterocycles. The first kappa shape index (κ1) is 11.2. The van der Waals surface area contributed by atoms with E-state index < -0.39 is 29.2 Å². The fourth-order valence-electron chi connectivity index (χ4n) is 1.13. The van der Waals surface area contributed by atoms with Gasteiger partial charge in [-0.2, -0.15) is 5.26 Å². The van der Waals surface area contributed by atoms with E-state index in [4.69, 9.17) is 5.26 Å². The molecule has 1 aromatic carbocycles. The van der Waals surface area contributed by atoms with Gasteiger partial charge in [0.2, 0.25) is 0 Å². The molecule has 0 spiro atoms. The highest BCUT2D eigenvalue weighted by Gasteiger charge is 2.20. The molecule has 1 rings (SSSR count). The quantitative estimate of drug-likeness (QED) is 0.708. The summed E-state index contributed by atoms with van der Waals surface area (Å²) in [5.41, 5.74) is -1.56. The van der Waals surface area contributed by atoms with Gasteiger partial charge in [0.1, 0.15) is 5.82 Å². The Labute approximate surface area is 83.9 Å². The molecule has 0 fully saturated rings. The zero-order chi connectivity index (χ0) is 11.6. The van der Waals surface area contributed by atoms with Crippen molar-refractivity contribution in [3.05, 3.63) is 34.6 Å². The Balaban J connectivity index is 3.49. The van der Waals surface area contributed by atoms with Crippen LogP contribution in [-0.4, -0.2) is 5.78 Å². The second kappa shape index (κ2) is 4.13. The summed E-state index contributed by atoms with van der Waals surface area (Å²) in [5, 5.41) is 8.51. The van der Waals surface area contributed by atoms with Crippen molar-refractivity contribution >= 4 is 5.78 Å². The van der Waals surface area contributed by atoms with Crippen molar-refractivity contribution in [2.45, 2.75) is 13.3 Å². The minimum absolute atomic E-state index is 0.156. The van der Waals surface area contributed by atoms with E-state index in [0.717, 1.165) is 19.1 Å². The summed E-state index contributed by atoms with van der Waals surface area (Å²) in [7, 11) is 0.